The standard InChI is InChI=1S/C19H27ClN2O7S2/c1-2-3-10-22(16-8-11-30(25,26)14-16)18(23)13-29-19(24)7-9-21-31(27,28)17-6-4-5-15(20)12-17/h4-6,12,16,21H,2-3,7-11,13-14H2,1H3. The molecule has 9 nitrogen and oxygen atoms in total. The maximum atomic E-state index is 12.5. The summed E-state index contributed by atoms with van der Waals surface area (Å²) in [5.74, 6) is -1.23. The fourth-order valence-corrected chi connectivity index (χ4v) is 6.23. The average molecular weight is 495 g/mol. The summed E-state index contributed by atoms with van der Waals surface area (Å²) in [5, 5.41) is 0.267. The number of nitrogens with one attached hydrogen (secondary N) is 1. The van der Waals surface area contributed by atoms with Gasteiger partial charge in [0.2, 0.25) is 10.0 Å². The quantitative estimate of drug-likeness (QED) is 0.460. The van der Waals surface area contributed by atoms with E-state index in [1.165, 1.54) is 23.1 Å². The Kier molecular flexibility index (Phi) is 9.28. The molecule has 1 unspecified atom stereocenters. The number of halogens is 1. The largest absolute Gasteiger partial charge is 0.456 e. The zero-order chi connectivity index (χ0) is 23.1. The third-order valence-electron chi connectivity index (χ3n) is 4.81. The van der Waals surface area contributed by atoms with Crippen LogP contribution >= 0.6 is 11.6 Å². The molecule has 12 heteroatoms. The van der Waals surface area contributed by atoms with Crippen LogP contribution in [0.15, 0.2) is 29.2 Å². The number of unbranched alkanes of at least 4 members (excludes halogenated alkanes) is 1. The third-order valence-corrected chi connectivity index (χ3v) is 8.25. The molecule has 0 aliphatic carbocycles. The van der Waals surface area contributed by atoms with Crippen LogP contribution in [0.25, 0.3) is 0 Å². The highest BCUT2D eigenvalue weighted by Gasteiger charge is 2.34. The summed E-state index contributed by atoms with van der Waals surface area (Å²) in [7, 11) is -6.99. The van der Waals surface area contributed by atoms with Crippen LogP contribution in [0.2, 0.25) is 5.02 Å². The lowest BCUT2D eigenvalue weighted by atomic mass is 10.2. The molecule has 0 spiro atoms. The van der Waals surface area contributed by atoms with E-state index in [9.17, 15) is 26.4 Å². The zero-order valence-corrected chi connectivity index (χ0v) is 19.6. The van der Waals surface area contributed by atoms with Crippen molar-refractivity contribution in [3.05, 3.63) is 29.3 Å². The van der Waals surface area contributed by atoms with Crippen molar-refractivity contribution < 1.29 is 31.2 Å². The summed E-state index contributed by atoms with van der Waals surface area (Å²) in [6.45, 7) is 1.63. The molecular formula is C19H27ClN2O7S2. The monoisotopic (exact) mass is 494 g/mol. The van der Waals surface area contributed by atoms with Gasteiger partial charge in [0.1, 0.15) is 0 Å². The number of ether oxygens (including phenoxy) is 1. The summed E-state index contributed by atoms with van der Waals surface area (Å²) in [6, 6.07) is 5.29. The third kappa shape index (κ3) is 8.06. The molecule has 1 atom stereocenters. The summed E-state index contributed by atoms with van der Waals surface area (Å²) in [6.07, 6.45) is 1.65. The molecule has 1 amide bonds. The van der Waals surface area contributed by atoms with Crippen molar-refractivity contribution in [2.75, 3.05) is 31.2 Å². The van der Waals surface area contributed by atoms with E-state index in [0.717, 1.165) is 6.42 Å². The summed E-state index contributed by atoms with van der Waals surface area (Å²) >= 11 is 5.79. The smallest absolute Gasteiger partial charge is 0.307 e. The van der Waals surface area contributed by atoms with Crippen LogP contribution in [0.3, 0.4) is 0 Å². The maximum absolute atomic E-state index is 12.5. The molecule has 1 aliphatic rings. The van der Waals surface area contributed by atoms with Crippen molar-refractivity contribution in [3.8, 4) is 0 Å². The first-order valence-electron chi connectivity index (χ1n) is 9.95. The van der Waals surface area contributed by atoms with Gasteiger partial charge in [-0.05, 0) is 31.0 Å². The second-order valence-corrected chi connectivity index (χ2v) is 11.7. The van der Waals surface area contributed by atoms with E-state index in [1.807, 2.05) is 6.92 Å². The minimum absolute atomic E-state index is 0.0263. The van der Waals surface area contributed by atoms with E-state index in [-0.39, 0.29) is 34.4 Å². The maximum Gasteiger partial charge on any atom is 0.307 e. The Bertz CT molecular complexity index is 996. The minimum Gasteiger partial charge on any atom is -0.456 e. The highest BCUT2D eigenvalue weighted by molar-refractivity contribution is 7.91. The fraction of sp³-hybridized carbons (Fsp3) is 0.579. The minimum atomic E-state index is -3.83. The SMILES string of the molecule is CCCCN(C(=O)COC(=O)CCNS(=O)(=O)c1cccc(Cl)c1)C1CCS(=O)(=O)C1. The van der Waals surface area contributed by atoms with Crippen molar-refractivity contribution in [2.45, 2.75) is 43.5 Å². The summed E-state index contributed by atoms with van der Waals surface area (Å²) in [4.78, 5) is 25.9. The molecule has 1 aliphatic heterocycles. The number of carbonyl (C=O) groups is 2. The Morgan fingerprint density at radius 3 is 2.68 bits per heavy atom. The second-order valence-electron chi connectivity index (χ2n) is 7.26. The van der Waals surface area contributed by atoms with Gasteiger partial charge < -0.3 is 9.64 Å². The van der Waals surface area contributed by atoms with E-state index in [4.69, 9.17) is 16.3 Å². The lowest BCUT2D eigenvalue weighted by Crippen LogP contribution is -2.44. The lowest BCUT2D eigenvalue weighted by molar-refractivity contribution is -0.152. The predicted molar refractivity (Wildman–Crippen MR) is 116 cm³/mol. The number of sulfone groups is 1. The summed E-state index contributed by atoms with van der Waals surface area (Å²) in [5.41, 5.74) is 0. The molecule has 1 heterocycles. The molecular weight excluding hydrogens is 468 g/mol. The number of esters is 1. The molecule has 174 valence electrons. The number of benzene rings is 1. The van der Waals surface area contributed by atoms with Gasteiger partial charge in [0.05, 0.1) is 22.8 Å². The van der Waals surface area contributed by atoms with Crippen molar-refractivity contribution in [1.29, 1.82) is 0 Å². The van der Waals surface area contributed by atoms with Crippen LogP contribution in [0.4, 0.5) is 0 Å². The molecule has 0 radical (unpaired) electrons. The number of rotatable bonds is 11. The Balaban J connectivity index is 1.82. The molecule has 1 aromatic rings. The predicted octanol–water partition coefficient (Wildman–Crippen LogP) is 1.37. The molecule has 0 aromatic heterocycles. The highest BCUT2D eigenvalue weighted by Crippen LogP contribution is 2.19. The van der Waals surface area contributed by atoms with Crippen LogP contribution in [0.1, 0.15) is 32.6 Å². The van der Waals surface area contributed by atoms with E-state index in [1.54, 1.807) is 6.07 Å². The van der Waals surface area contributed by atoms with Crippen LogP contribution in [-0.2, 0) is 34.2 Å². The van der Waals surface area contributed by atoms with E-state index >= 15 is 0 Å². The molecule has 1 N–H and O–H groups in total. The Labute approximate surface area is 188 Å². The van der Waals surface area contributed by atoms with E-state index in [2.05, 4.69) is 4.72 Å². The number of sulfonamides is 1. The van der Waals surface area contributed by atoms with Crippen molar-refractivity contribution in [1.82, 2.24) is 9.62 Å². The second kappa shape index (κ2) is 11.3. The number of hydrogen-bond donors (Lipinski definition) is 1. The van der Waals surface area contributed by atoms with Gasteiger partial charge in [-0.1, -0.05) is 31.0 Å². The number of amides is 1. The van der Waals surface area contributed by atoms with Crippen molar-refractivity contribution >= 4 is 43.3 Å². The van der Waals surface area contributed by atoms with Gasteiger partial charge in [0, 0.05) is 24.2 Å². The topological polar surface area (TPSA) is 127 Å². The van der Waals surface area contributed by atoms with E-state index in [0.29, 0.717) is 19.4 Å². The first-order valence-corrected chi connectivity index (χ1v) is 13.6. The highest BCUT2D eigenvalue weighted by atomic mass is 35.5. The molecule has 2 rings (SSSR count). The van der Waals surface area contributed by atoms with Crippen molar-refractivity contribution in [3.63, 3.8) is 0 Å². The number of nitrogens with zero attached hydrogens (tertiary/aromatic N) is 1. The molecule has 1 saturated heterocycles. The molecule has 31 heavy (non-hydrogen) atoms. The first-order chi connectivity index (χ1) is 14.5. The van der Waals surface area contributed by atoms with E-state index < -0.39 is 44.4 Å². The van der Waals surface area contributed by atoms with Gasteiger partial charge in [0.25, 0.3) is 5.91 Å². The zero-order valence-electron chi connectivity index (χ0n) is 17.3. The van der Waals surface area contributed by atoms with Gasteiger partial charge >= 0.3 is 5.97 Å². The molecule has 1 aromatic carbocycles. The van der Waals surface area contributed by atoms with Gasteiger partial charge in [-0.3, -0.25) is 9.59 Å². The van der Waals surface area contributed by atoms with Gasteiger partial charge in [-0.25, -0.2) is 21.6 Å². The van der Waals surface area contributed by atoms with Crippen LogP contribution in [-0.4, -0.2) is 70.9 Å². The fourth-order valence-electron chi connectivity index (χ4n) is 3.16. The number of hydrogen-bond acceptors (Lipinski definition) is 7. The van der Waals surface area contributed by atoms with Crippen LogP contribution < -0.4 is 4.72 Å². The average Bonchev–Trinajstić information content (AvgIpc) is 3.06. The van der Waals surface area contributed by atoms with Gasteiger partial charge in [0.15, 0.2) is 16.4 Å². The van der Waals surface area contributed by atoms with Gasteiger partial charge in [-0.15, -0.1) is 0 Å². The van der Waals surface area contributed by atoms with Crippen molar-refractivity contribution in [2.24, 2.45) is 0 Å². The number of carbonyl (C=O) groups excluding carboxylic acids is 2. The molecule has 0 bridgehead atoms. The van der Waals surface area contributed by atoms with Crippen LogP contribution in [0.5, 0.6) is 0 Å². The van der Waals surface area contributed by atoms with Gasteiger partial charge in [-0.2, -0.15) is 0 Å². The van der Waals surface area contributed by atoms with Crippen LogP contribution in [0, 0.1) is 0 Å². The summed E-state index contributed by atoms with van der Waals surface area (Å²) < 4.78 is 55.1. The molecule has 1 fully saturated rings. The Morgan fingerprint density at radius 1 is 1.32 bits per heavy atom. The lowest BCUT2D eigenvalue weighted by Gasteiger charge is -2.28. The first kappa shape index (κ1) is 25.6. The normalized spacial score (nSPS) is 17.9. The Hall–Kier alpha value is -1.69. The molecule has 0 saturated carbocycles. The Morgan fingerprint density at radius 2 is 2.06 bits per heavy atom.